The molecular formula is C33H45NO5. The van der Waals surface area contributed by atoms with Crippen LogP contribution in [0.1, 0.15) is 106 Å². The van der Waals surface area contributed by atoms with E-state index in [0.717, 1.165) is 44.9 Å². The first kappa shape index (κ1) is 27.0. The van der Waals surface area contributed by atoms with E-state index in [1.54, 1.807) is 17.0 Å². The highest BCUT2D eigenvalue weighted by Crippen LogP contribution is 2.68. The first-order chi connectivity index (χ1) is 18.6. The molecule has 5 aliphatic rings. The van der Waals surface area contributed by atoms with Crippen LogP contribution in [0.5, 0.6) is 0 Å². The lowest BCUT2D eigenvalue weighted by atomic mass is 9.43. The molecule has 1 aliphatic heterocycles. The molecule has 1 aromatic carbocycles. The second-order valence-corrected chi connectivity index (χ2v) is 14.0. The molecule has 2 amide bonds. The van der Waals surface area contributed by atoms with Gasteiger partial charge in [-0.25, -0.2) is 0 Å². The van der Waals surface area contributed by atoms with Crippen molar-refractivity contribution >= 4 is 17.8 Å². The molecule has 1 N–H and O–H groups in total. The fraction of sp³-hybridized carbons (Fsp3) is 0.727. The maximum atomic E-state index is 13.2. The van der Waals surface area contributed by atoms with Gasteiger partial charge in [0.2, 0.25) is 0 Å². The van der Waals surface area contributed by atoms with Crippen molar-refractivity contribution in [2.24, 2.45) is 46.3 Å². The fourth-order valence-electron chi connectivity index (χ4n) is 10.6. The number of aliphatic hydroxyl groups is 1. The van der Waals surface area contributed by atoms with Gasteiger partial charge in [-0.3, -0.25) is 19.3 Å². The number of esters is 1. The van der Waals surface area contributed by atoms with Gasteiger partial charge >= 0.3 is 5.97 Å². The summed E-state index contributed by atoms with van der Waals surface area (Å²) in [6.07, 6.45) is 9.15. The van der Waals surface area contributed by atoms with Crippen LogP contribution in [0.3, 0.4) is 0 Å². The molecule has 4 saturated carbocycles. The van der Waals surface area contributed by atoms with Gasteiger partial charge in [0, 0.05) is 12.5 Å². The highest BCUT2D eigenvalue weighted by atomic mass is 16.5. The Labute approximate surface area is 232 Å². The van der Waals surface area contributed by atoms with Crippen molar-refractivity contribution in [1.82, 2.24) is 4.90 Å². The Morgan fingerprint density at radius 2 is 1.72 bits per heavy atom. The zero-order valence-corrected chi connectivity index (χ0v) is 24.0. The third kappa shape index (κ3) is 3.94. The predicted octanol–water partition coefficient (Wildman–Crippen LogP) is 5.87. The minimum Gasteiger partial charge on any atom is -0.469 e. The normalized spacial score (nSPS) is 41.9. The van der Waals surface area contributed by atoms with E-state index in [1.165, 1.54) is 20.0 Å². The number of rotatable bonds is 5. The Balaban J connectivity index is 1.18. The summed E-state index contributed by atoms with van der Waals surface area (Å²) in [7, 11) is 1.45. The number of fused-ring (bicyclic) bond motifs is 6. The van der Waals surface area contributed by atoms with E-state index in [4.69, 9.17) is 4.74 Å². The lowest BCUT2D eigenvalue weighted by Crippen LogP contribution is -2.59. The van der Waals surface area contributed by atoms with Crippen molar-refractivity contribution in [3.8, 4) is 0 Å². The Morgan fingerprint density at radius 1 is 1.03 bits per heavy atom. The summed E-state index contributed by atoms with van der Waals surface area (Å²) in [6.45, 7) is 7.06. The number of benzene rings is 1. The average molecular weight is 536 g/mol. The van der Waals surface area contributed by atoms with Crippen LogP contribution in [-0.4, -0.2) is 47.0 Å². The third-order valence-electron chi connectivity index (χ3n) is 12.7. The molecule has 4 fully saturated rings. The summed E-state index contributed by atoms with van der Waals surface area (Å²) in [4.78, 5) is 39.8. The zero-order chi connectivity index (χ0) is 27.7. The first-order valence-corrected chi connectivity index (χ1v) is 15.3. The van der Waals surface area contributed by atoms with Gasteiger partial charge in [0.25, 0.3) is 11.8 Å². The molecule has 1 aromatic rings. The molecular weight excluding hydrogens is 490 g/mol. The van der Waals surface area contributed by atoms with Crippen molar-refractivity contribution in [1.29, 1.82) is 0 Å². The number of carbonyl (C=O) groups is 3. The van der Waals surface area contributed by atoms with Gasteiger partial charge in [0.15, 0.2) is 0 Å². The number of methoxy groups -OCH3 is 1. The molecule has 0 bridgehead atoms. The van der Waals surface area contributed by atoms with Crippen LogP contribution >= 0.6 is 0 Å². The molecule has 0 radical (unpaired) electrons. The van der Waals surface area contributed by atoms with Gasteiger partial charge in [-0.1, -0.05) is 32.9 Å². The van der Waals surface area contributed by atoms with Crippen LogP contribution in [0.4, 0.5) is 0 Å². The lowest BCUT2D eigenvalue weighted by Gasteiger charge is -2.63. The van der Waals surface area contributed by atoms with Crippen molar-refractivity contribution in [2.75, 3.05) is 7.11 Å². The summed E-state index contributed by atoms with van der Waals surface area (Å²) < 4.78 is 4.89. The van der Waals surface area contributed by atoms with E-state index in [1.807, 2.05) is 12.1 Å². The molecule has 6 nitrogen and oxygen atoms in total. The fourth-order valence-corrected chi connectivity index (χ4v) is 10.6. The molecule has 6 heteroatoms. The van der Waals surface area contributed by atoms with Crippen molar-refractivity contribution in [3.63, 3.8) is 0 Å². The van der Waals surface area contributed by atoms with Crippen molar-refractivity contribution < 1.29 is 24.2 Å². The van der Waals surface area contributed by atoms with Crippen LogP contribution < -0.4 is 0 Å². The lowest BCUT2D eigenvalue weighted by molar-refractivity contribution is -0.171. The van der Waals surface area contributed by atoms with Crippen LogP contribution in [0, 0.1) is 46.3 Å². The molecule has 39 heavy (non-hydrogen) atoms. The highest BCUT2D eigenvalue weighted by Gasteiger charge is 2.64. The molecule has 0 saturated heterocycles. The van der Waals surface area contributed by atoms with Crippen LogP contribution in [0.2, 0.25) is 0 Å². The maximum absolute atomic E-state index is 13.2. The SMILES string of the molecule is COC(=O)CCC(C)[C@H]1CCC2C3CC[C@@H]4C[C@@H](N5C(=O)c6ccccc6C5=O)CC[C@]4(C)C3C[C@H](O)[C@@]21C. The van der Waals surface area contributed by atoms with E-state index in [0.29, 0.717) is 53.1 Å². The summed E-state index contributed by atoms with van der Waals surface area (Å²) >= 11 is 0. The van der Waals surface area contributed by atoms with Crippen molar-refractivity contribution in [2.45, 2.75) is 97.1 Å². The summed E-state index contributed by atoms with van der Waals surface area (Å²) in [5, 5.41) is 11.8. The van der Waals surface area contributed by atoms with E-state index < -0.39 is 0 Å². The van der Waals surface area contributed by atoms with Crippen LogP contribution in [0.15, 0.2) is 24.3 Å². The molecule has 10 atom stereocenters. The minimum absolute atomic E-state index is 0.0303. The van der Waals surface area contributed by atoms with Gasteiger partial charge in [-0.2, -0.15) is 0 Å². The standard InChI is InChI=1S/C33H45NO5/c1-19(9-14-29(36)39-4)25-12-13-26-24-11-10-20-17-21(34-30(37)22-7-5-6-8-23(22)31(34)38)15-16-32(20,2)27(24)18-28(35)33(25,26)3/h5-8,19-21,24-28,35H,9-18H2,1-4H3/t19?,20-,21+,24?,25-,26?,27?,28+,32+,33-/m1/s1. The summed E-state index contributed by atoms with van der Waals surface area (Å²) in [6, 6.07) is 7.20. The number of amides is 2. The number of hydrogen-bond acceptors (Lipinski definition) is 5. The number of imide groups is 1. The molecule has 4 unspecified atom stereocenters. The summed E-state index contributed by atoms with van der Waals surface area (Å²) in [5.41, 5.74) is 1.13. The molecule has 0 aromatic heterocycles. The van der Waals surface area contributed by atoms with Gasteiger partial charge in [-0.05, 0) is 116 Å². The number of aliphatic hydroxyl groups excluding tert-OH is 1. The van der Waals surface area contributed by atoms with Gasteiger partial charge in [-0.15, -0.1) is 0 Å². The molecule has 4 aliphatic carbocycles. The van der Waals surface area contributed by atoms with E-state index in [2.05, 4.69) is 20.8 Å². The Morgan fingerprint density at radius 3 is 2.38 bits per heavy atom. The largest absolute Gasteiger partial charge is 0.469 e. The number of carbonyl (C=O) groups excluding carboxylic acids is 3. The van der Waals surface area contributed by atoms with E-state index in [-0.39, 0.29) is 40.8 Å². The second-order valence-electron chi connectivity index (χ2n) is 14.0. The topological polar surface area (TPSA) is 83.9 Å². The smallest absolute Gasteiger partial charge is 0.305 e. The van der Waals surface area contributed by atoms with Gasteiger partial charge in [0.1, 0.15) is 0 Å². The van der Waals surface area contributed by atoms with Crippen LogP contribution in [0.25, 0.3) is 0 Å². The number of nitrogens with zero attached hydrogens (tertiary/aromatic N) is 1. The van der Waals surface area contributed by atoms with Crippen molar-refractivity contribution in [3.05, 3.63) is 35.4 Å². The Bertz CT molecular complexity index is 1130. The Hall–Kier alpha value is -2.21. The Kier molecular flexibility index (Phi) is 6.72. The van der Waals surface area contributed by atoms with Crippen LogP contribution in [-0.2, 0) is 9.53 Å². The summed E-state index contributed by atoms with van der Waals surface area (Å²) in [5.74, 6) is 2.50. The quantitative estimate of drug-likeness (QED) is 0.377. The minimum atomic E-state index is -0.332. The van der Waals surface area contributed by atoms with E-state index in [9.17, 15) is 19.5 Å². The van der Waals surface area contributed by atoms with Gasteiger partial charge in [0.05, 0.1) is 24.3 Å². The second kappa shape index (κ2) is 9.71. The number of hydrogen-bond donors (Lipinski definition) is 1. The zero-order valence-electron chi connectivity index (χ0n) is 24.0. The van der Waals surface area contributed by atoms with Gasteiger partial charge < -0.3 is 9.84 Å². The maximum Gasteiger partial charge on any atom is 0.305 e. The molecule has 1 heterocycles. The molecule has 0 spiro atoms. The molecule has 212 valence electrons. The first-order valence-electron chi connectivity index (χ1n) is 15.3. The molecule has 6 rings (SSSR count). The predicted molar refractivity (Wildman–Crippen MR) is 148 cm³/mol. The van der Waals surface area contributed by atoms with E-state index >= 15 is 0 Å². The average Bonchev–Trinajstić information content (AvgIpc) is 3.42. The highest BCUT2D eigenvalue weighted by molar-refractivity contribution is 6.21. The number of ether oxygens (including phenoxy) is 1. The monoisotopic (exact) mass is 535 g/mol. The third-order valence-corrected chi connectivity index (χ3v) is 12.7.